The van der Waals surface area contributed by atoms with Crippen LogP contribution in [0.15, 0.2) is 0 Å². The number of hydrogen-bond acceptors (Lipinski definition) is 7. The van der Waals surface area contributed by atoms with E-state index in [2.05, 4.69) is 10.1 Å². The van der Waals surface area contributed by atoms with Gasteiger partial charge in [-0.1, -0.05) is 0 Å². The van der Waals surface area contributed by atoms with Crippen LogP contribution in [0, 0.1) is 5.41 Å². The second kappa shape index (κ2) is 6.11. The number of carbonyl (C=O) groups is 2. The summed E-state index contributed by atoms with van der Waals surface area (Å²) in [5.41, 5.74) is -0.697. The molecule has 0 aromatic carbocycles. The maximum atomic E-state index is 11.9. The number of hydrogen-bond donors (Lipinski definition) is 3. The Bertz CT molecular complexity index is 358. The van der Waals surface area contributed by atoms with E-state index in [1.54, 1.807) is 13.8 Å². The monoisotopic (exact) mass is 297 g/mol. The third-order valence-corrected chi connectivity index (χ3v) is 3.77. The Morgan fingerprint density at radius 2 is 2.11 bits per heavy atom. The molecule has 1 aliphatic rings. The van der Waals surface area contributed by atoms with Crippen LogP contribution in [0.1, 0.15) is 20.3 Å². The van der Waals surface area contributed by atoms with Gasteiger partial charge in [-0.3, -0.25) is 0 Å². The molecule has 1 atom stereocenters. The number of carbonyl (C=O) groups excluding carboxylic acids is 2. The third kappa shape index (κ3) is 4.67. The molecule has 1 aliphatic heterocycles. The van der Waals surface area contributed by atoms with E-state index in [0.717, 1.165) is 0 Å². The van der Waals surface area contributed by atoms with Crippen molar-refractivity contribution >= 4 is 20.0 Å². The van der Waals surface area contributed by atoms with Crippen LogP contribution in [0.2, 0.25) is 0 Å². The number of nitrogens with one attached hydrogen (secondary N) is 1. The summed E-state index contributed by atoms with van der Waals surface area (Å²) in [5, 5.41) is 2.49. The molecular formula is C10H20NO7P. The molecule has 9 heteroatoms. The minimum atomic E-state index is -4.23. The first kappa shape index (κ1) is 16.3. The van der Waals surface area contributed by atoms with E-state index in [1.807, 2.05) is 0 Å². The summed E-state index contributed by atoms with van der Waals surface area (Å²) in [6.45, 7) is 3.51. The molecule has 0 saturated carbocycles. The van der Waals surface area contributed by atoms with Gasteiger partial charge < -0.3 is 0 Å². The minimum absolute atomic E-state index is 0.00130. The fraction of sp³-hybridized carbons (Fsp3) is 0.800. The van der Waals surface area contributed by atoms with E-state index in [-0.39, 0.29) is 19.6 Å². The van der Waals surface area contributed by atoms with Crippen LogP contribution in [-0.4, -0.2) is 48.0 Å². The molecule has 1 saturated heterocycles. The van der Waals surface area contributed by atoms with E-state index in [0.29, 0.717) is 0 Å². The molecule has 3 N–H and O–H groups in total. The maximum absolute atomic E-state index is 11.9. The fourth-order valence-electron chi connectivity index (χ4n) is 1.59. The molecular weight excluding hydrogens is 277 g/mol. The van der Waals surface area contributed by atoms with Gasteiger partial charge in [0.05, 0.1) is 0 Å². The molecule has 112 valence electrons. The summed E-state index contributed by atoms with van der Waals surface area (Å²) in [6.07, 6.45) is -1.01. The quantitative estimate of drug-likeness (QED) is 0.473. The Morgan fingerprint density at radius 3 is 2.68 bits per heavy atom. The molecule has 0 radical (unpaired) electrons. The molecule has 0 aliphatic carbocycles. The number of methoxy groups -OCH3 is 1. The number of amides is 1. The molecule has 1 amide bonds. The van der Waals surface area contributed by atoms with Gasteiger partial charge in [0.1, 0.15) is 0 Å². The first-order chi connectivity index (χ1) is 8.68. The molecule has 8 nitrogen and oxygen atoms in total. The number of ether oxygens (including phenoxy) is 1. The van der Waals surface area contributed by atoms with Gasteiger partial charge in [0.2, 0.25) is 0 Å². The first-order valence-corrected chi connectivity index (χ1v) is 7.50. The zero-order valence-electron chi connectivity index (χ0n) is 11.1. The average molecular weight is 297 g/mol. The second-order valence-electron chi connectivity index (χ2n) is 4.94. The Balaban J connectivity index is 2.55. The van der Waals surface area contributed by atoms with Gasteiger partial charge in [0.25, 0.3) is 0 Å². The fourth-order valence-corrected chi connectivity index (χ4v) is 2.95. The van der Waals surface area contributed by atoms with E-state index in [1.165, 1.54) is 7.11 Å². The van der Waals surface area contributed by atoms with Crippen molar-refractivity contribution in [1.82, 2.24) is 5.32 Å². The van der Waals surface area contributed by atoms with E-state index in [4.69, 9.17) is 9.05 Å². The van der Waals surface area contributed by atoms with Crippen molar-refractivity contribution < 1.29 is 33.2 Å². The van der Waals surface area contributed by atoms with Crippen molar-refractivity contribution in [2.45, 2.75) is 26.4 Å². The van der Waals surface area contributed by atoms with Gasteiger partial charge in [-0.15, -0.1) is 0 Å². The van der Waals surface area contributed by atoms with E-state index >= 15 is 0 Å². The molecule has 0 aromatic heterocycles. The third-order valence-electron chi connectivity index (χ3n) is 2.71. The van der Waals surface area contributed by atoms with Gasteiger partial charge in [0.15, 0.2) is 0 Å². The standard InChI is InChI=1S/C10H20NO7P/c1-10(2)6-17-19(14,15)18-8(10)9(13)11-5-4-7(12)16-3/h8,14-15,19H,4-6H2,1-3H3,(H,11,13). The molecule has 1 heterocycles. The van der Waals surface area contributed by atoms with Crippen molar-refractivity contribution in [3.8, 4) is 0 Å². The summed E-state index contributed by atoms with van der Waals surface area (Å²) in [7, 11) is -2.97. The van der Waals surface area contributed by atoms with Crippen LogP contribution in [0.3, 0.4) is 0 Å². The van der Waals surface area contributed by atoms with Crippen molar-refractivity contribution in [3.63, 3.8) is 0 Å². The van der Waals surface area contributed by atoms with Crippen LogP contribution >= 0.6 is 8.17 Å². The summed E-state index contributed by atoms with van der Waals surface area (Å²) in [4.78, 5) is 41.6. The van der Waals surface area contributed by atoms with Crippen LogP contribution in [0.25, 0.3) is 0 Å². The second-order valence-corrected chi connectivity index (χ2v) is 6.56. The number of rotatable bonds is 4. The summed E-state index contributed by atoms with van der Waals surface area (Å²) >= 11 is 0. The summed E-state index contributed by atoms with van der Waals surface area (Å²) in [6, 6.07) is 0. The molecule has 19 heavy (non-hydrogen) atoms. The molecule has 1 unspecified atom stereocenters. The van der Waals surface area contributed by atoms with Crippen molar-refractivity contribution in [2.75, 3.05) is 20.3 Å². The Kier molecular flexibility index (Phi) is 5.23. The Morgan fingerprint density at radius 1 is 1.47 bits per heavy atom. The molecule has 1 fully saturated rings. The van der Waals surface area contributed by atoms with Crippen LogP contribution in [0.5, 0.6) is 0 Å². The van der Waals surface area contributed by atoms with Gasteiger partial charge in [0, 0.05) is 0 Å². The van der Waals surface area contributed by atoms with Gasteiger partial charge in [-0.25, -0.2) is 0 Å². The van der Waals surface area contributed by atoms with Crippen LogP contribution in [0.4, 0.5) is 0 Å². The Hall–Kier alpha value is -0.790. The van der Waals surface area contributed by atoms with Crippen molar-refractivity contribution in [3.05, 3.63) is 0 Å². The molecule has 1 rings (SSSR count). The van der Waals surface area contributed by atoms with Crippen molar-refractivity contribution in [1.29, 1.82) is 0 Å². The van der Waals surface area contributed by atoms with E-state index < -0.39 is 31.6 Å². The van der Waals surface area contributed by atoms with Gasteiger partial charge >= 0.3 is 111 Å². The van der Waals surface area contributed by atoms with Crippen LogP contribution in [-0.2, 0) is 23.4 Å². The zero-order chi connectivity index (χ0) is 14.7. The Labute approximate surface area is 111 Å². The van der Waals surface area contributed by atoms with Crippen molar-refractivity contribution in [2.24, 2.45) is 5.41 Å². The molecule has 0 bridgehead atoms. The molecule has 0 aromatic rings. The van der Waals surface area contributed by atoms with E-state index in [9.17, 15) is 19.4 Å². The average Bonchev–Trinajstić information content (AvgIpc) is 2.32. The summed E-state index contributed by atoms with van der Waals surface area (Å²) < 4.78 is 14.2. The summed E-state index contributed by atoms with van der Waals surface area (Å²) in [5.74, 6) is -0.960. The van der Waals surface area contributed by atoms with Gasteiger partial charge in [-0.05, 0) is 0 Å². The predicted molar refractivity (Wildman–Crippen MR) is 67.0 cm³/mol. The normalized spacial score (nSPS) is 26.3. The number of esters is 1. The first-order valence-electron chi connectivity index (χ1n) is 5.79. The zero-order valence-corrected chi connectivity index (χ0v) is 12.1. The SMILES string of the molecule is COC(=O)CCNC(=O)C1O[PH](O)(O)OCC1(C)C. The van der Waals surface area contributed by atoms with Crippen LogP contribution < -0.4 is 5.32 Å². The topological polar surface area (TPSA) is 114 Å². The predicted octanol–water partition coefficient (Wildman–Crippen LogP) is -0.498. The van der Waals surface area contributed by atoms with Gasteiger partial charge in [-0.2, -0.15) is 0 Å². The molecule has 0 spiro atoms.